The molecule has 0 unspecified atom stereocenters. The van der Waals surface area contributed by atoms with E-state index in [0.29, 0.717) is 32.4 Å². The van der Waals surface area contributed by atoms with Gasteiger partial charge in [0.1, 0.15) is 5.54 Å². The van der Waals surface area contributed by atoms with Gasteiger partial charge < -0.3 is 36.6 Å². The second-order valence-electron chi connectivity index (χ2n) is 8.50. The standard InChI is InChI=1S/C22H46N4O2.H3O4P/c1-3-5-7-9-10-11-12-14-19-28-20(27)22(25,16-13-8-6-4-2)17-15-18-26-21(23)24;1-5(2,3)4/h3-19,25H2,1-2H3,(H4,23,24,26);(H3,1,2,3,4)/t22-;/m0./s1. The van der Waals surface area contributed by atoms with Crippen LogP contribution in [0.2, 0.25) is 0 Å². The first-order chi connectivity index (χ1) is 15.5. The van der Waals surface area contributed by atoms with Gasteiger partial charge in [-0.05, 0) is 25.7 Å². The highest BCUT2D eigenvalue weighted by molar-refractivity contribution is 7.45. The zero-order valence-corrected chi connectivity index (χ0v) is 21.6. The highest BCUT2D eigenvalue weighted by atomic mass is 31.2. The van der Waals surface area contributed by atoms with Crippen molar-refractivity contribution < 1.29 is 28.8 Å². The summed E-state index contributed by atoms with van der Waals surface area (Å²) in [6.45, 7) is 5.36. The Labute approximate surface area is 200 Å². The first-order valence-corrected chi connectivity index (χ1v) is 13.8. The molecule has 198 valence electrons. The summed E-state index contributed by atoms with van der Waals surface area (Å²) in [5, 5.41) is 0. The van der Waals surface area contributed by atoms with Crippen LogP contribution in [-0.4, -0.2) is 45.3 Å². The summed E-state index contributed by atoms with van der Waals surface area (Å²) in [7, 11) is -4.64. The van der Waals surface area contributed by atoms with Crippen molar-refractivity contribution in [2.75, 3.05) is 13.2 Å². The minimum Gasteiger partial charge on any atom is -0.464 e. The number of guanidine groups is 1. The van der Waals surface area contributed by atoms with Gasteiger partial charge in [0.05, 0.1) is 6.61 Å². The summed E-state index contributed by atoms with van der Waals surface area (Å²) in [6, 6.07) is 0. The number of nitrogens with zero attached hydrogens (tertiary/aromatic N) is 1. The Balaban J connectivity index is 0. The molecule has 11 heteroatoms. The summed E-state index contributed by atoms with van der Waals surface area (Å²) in [5.41, 5.74) is 16.3. The molecular weight excluding hydrogens is 447 g/mol. The summed E-state index contributed by atoms with van der Waals surface area (Å²) in [5.74, 6) is -0.195. The van der Waals surface area contributed by atoms with Gasteiger partial charge in [-0.15, -0.1) is 0 Å². The molecule has 0 saturated carbocycles. The Hall–Kier alpha value is -1.19. The Morgan fingerprint density at radius 2 is 1.24 bits per heavy atom. The fourth-order valence-corrected chi connectivity index (χ4v) is 3.34. The van der Waals surface area contributed by atoms with Crippen LogP contribution in [0.3, 0.4) is 0 Å². The van der Waals surface area contributed by atoms with Gasteiger partial charge in [-0.3, -0.25) is 9.79 Å². The second kappa shape index (κ2) is 21.4. The molecule has 0 aliphatic heterocycles. The molecule has 33 heavy (non-hydrogen) atoms. The lowest BCUT2D eigenvalue weighted by Crippen LogP contribution is -2.49. The zero-order chi connectivity index (χ0) is 25.6. The topological polar surface area (TPSA) is 194 Å². The lowest BCUT2D eigenvalue weighted by Gasteiger charge is -2.27. The maximum atomic E-state index is 12.6. The normalized spacial score (nSPS) is 12.9. The molecule has 0 bridgehead atoms. The molecule has 0 spiro atoms. The van der Waals surface area contributed by atoms with Gasteiger partial charge in [0.2, 0.25) is 0 Å². The van der Waals surface area contributed by atoms with E-state index in [2.05, 4.69) is 18.8 Å². The average molecular weight is 497 g/mol. The zero-order valence-electron chi connectivity index (χ0n) is 20.7. The first-order valence-electron chi connectivity index (χ1n) is 12.3. The Morgan fingerprint density at radius 3 is 1.73 bits per heavy atom. The van der Waals surface area contributed by atoms with Crippen LogP contribution < -0.4 is 17.2 Å². The molecular formula is C22H49N4O6P. The van der Waals surface area contributed by atoms with E-state index in [9.17, 15) is 4.79 Å². The Bertz CT molecular complexity index is 547. The third kappa shape index (κ3) is 26.9. The van der Waals surface area contributed by atoms with E-state index >= 15 is 0 Å². The van der Waals surface area contributed by atoms with E-state index in [4.69, 9.17) is 41.2 Å². The van der Waals surface area contributed by atoms with Crippen molar-refractivity contribution in [3.63, 3.8) is 0 Å². The molecule has 0 radical (unpaired) electrons. The van der Waals surface area contributed by atoms with Gasteiger partial charge in [0.15, 0.2) is 5.96 Å². The number of unbranched alkanes of at least 4 members (excludes halogenated alkanes) is 10. The van der Waals surface area contributed by atoms with Gasteiger partial charge in [-0.25, -0.2) is 4.57 Å². The third-order valence-electron chi connectivity index (χ3n) is 5.19. The number of ether oxygens (including phenoxy) is 1. The minimum atomic E-state index is -4.64. The molecule has 0 aromatic rings. The van der Waals surface area contributed by atoms with Gasteiger partial charge in [-0.2, -0.15) is 0 Å². The van der Waals surface area contributed by atoms with E-state index in [0.717, 1.165) is 38.5 Å². The van der Waals surface area contributed by atoms with Gasteiger partial charge in [0, 0.05) is 6.54 Å². The molecule has 9 N–H and O–H groups in total. The quantitative estimate of drug-likeness (QED) is 0.0510. The summed E-state index contributed by atoms with van der Waals surface area (Å²) in [4.78, 5) is 38.2. The number of carbonyl (C=O) groups is 1. The number of hydrogen-bond acceptors (Lipinski definition) is 5. The molecule has 0 fully saturated rings. The number of carbonyl (C=O) groups excluding carboxylic acids is 1. The van der Waals surface area contributed by atoms with Crippen LogP contribution in [0.5, 0.6) is 0 Å². The van der Waals surface area contributed by atoms with Crippen LogP contribution >= 0.6 is 7.82 Å². The summed E-state index contributed by atoms with van der Waals surface area (Å²) in [6.07, 6.45) is 16.0. The molecule has 10 nitrogen and oxygen atoms in total. The van der Waals surface area contributed by atoms with Crippen molar-refractivity contribution in [3.8, 4) is 0 Å². The predicted octanol–water partition coefficient (Wildman–Crippen LogP) is 3.46. The first kappa shape index (κ1) is 34.0. The van der Waals surface area contributed by atoms with E-state index in [1.165, 1.54) is 38.5 Å². The second-order valence-corrected chi connectivity index (χ2v) is 9.53. The number of phosphoric acid groups is 1. The summed E-state index contributed by atoms with van der Waals surface area (Å²) >= 11 is 0. The molecule has 0 aromatic heterocycles. The van der Waals surface area contributed by atoms with Crippen LogP contribution in [-0.2, 0) is 14.1 Å². The SMILES string of the molecule is CCCCCCCCCCOC(=O)[C@](N)(CCCCCC)CCCN=C(N)N.O=P(O)(O)O. The van der Waals surface area contributed by atoms with E-state index < -0.39 is 13.4 Å². The summed E-state index contributed by atoms with van der Waals surface area (Å²) < 4.78 is 14.4. The van der Waals surface area contributed by atoms with Crippen molar-refractivity contribution in [3.05, 3.63) is 0 Å². The van der Waals surface area contributed by atoms with Crippen molar-refractivity contribution >= 4 is 19.8 Å². The highest BCUT2D eigenvalue weighted by Gasteiger charge is 2.34. The van der Waals surface area contributed by atoms with E-state index in [1.54, 1.807) is 0 Å². The van der Waals surface area contributed by atoms with Crippen molar-refractivity contribution in [2.45, 2.75) is 116 Å². The molecule has 0 heterocycles. The minimum absolute atomic E-state index is 0.0721. The lowest BCUT2D eigenvalue weighted by molar-refractivity contribution is -0.151. The molecule has 0 amide bonds. The molecule has 0 aromatic carbocycles. The molecule has 0 saturated heterocycles. The smallest absolute Gasteiger partial charge is 0.464 e. The Morgan fingerprint density at radius 1 is 0.818 bits per heavy atom. The van der Waals surface area contributed by atoms with Gasteiger partial charge in [0.25, 0.3) is 0 Å². The highest BCUT2D eigenvalue weighted by Crippen LogP contribution is 2.26. The fourth-order valence-electron chi connectivity index (χ4n) is 3.34. The molecule has 0 aliphatic carbocycles. The Kier molecular flexibility index (Phi) is 22.0. The van der Waals surface area contributed by atoms with Crippen molar-refractivity contribution in [1.82, 2.24) is 0 Å². The predicted molar refractivity (Wildman–Crippen MR) is 133 cm³/mol. The largest absolute Gasteiger partial charge is 0.466 e. The molecule has 0 rings (SSSR count). The number of hydrogen-bond donors (Lipinski definition) is 6. The lowest BCUT2D eigenvalue weighted by atomic mass is 9.88. The van der Waals surface area contributed by atoms with Gasteiger partial charge in [-0.1, -0.05) is 84.5 Å². The maximum Gasteiger partial charge on any atom is 0.466 e. The monoisotopic (exact) mass is 496 g/mol. The van der Waals surface area contributed by atoms with Gasteiger partial charge >= 0.3 is 13.8 Å². The number of esters is 1. The van der Waals surface area contributed by atoms with Crippen molar-refractivity contribution in [1.29, 1.82) is 0 Å². The van der Waals surface area contributed by atoms with Crippen molar-refractivity contribution in [2.24, 2.45) is 22.2 Å². The van der Waals surface area contributed by atoms with E-state index in [1.807, 2.05) is 0 Å². The third-order valence-corrected chi connectivity index (χ3v) is 5.19. The molecule has 0 aliphatic rings. The molecule has 1 atom stereocenters. The van der Waals surface area contributed by atoms with Crippen LogP contribution in [0, 0.1) is 0 Å². The maximum absolute atomic E-state index is 12.6. The number of rotatable bonds is 19. The van der Waals surface area contributed by atoms with Crippen LogP contribution in [0.15, 0.2) is 4.99 Å². The van der Waals surface area contributed by atoms with E-state index in [-0.39, 0.29) is 11.9 Å². The van der Waals surface area contributed by atoms with Crippen LogP contribution in [0.25, 0.3) is 0 Å². The van der Waals surface area contributed by atoms with Crippen LogP contribution in [0.4, 0.5) is 0 Å². The average Bonchev–Trinajstić information content (AvgIpc) is 2.71. The fraction of sp³-hybridized carbons (Fsp3) is 0.909. The number of aliphatic imine (C=N–C) groups is 1. The number of nitrogens with two attached hydrogens (primary N) is 3. The van der Waals surface area contributed by atoms with Crippen LogP contribution in [0.1, 0.15) is 110 Å².